The Morgan fingerprint density at radius 1 is 1.40 bits per heavy atom. The zero-order valence-corrected chi connectivity index (χ0v) is 11.8. The molecule has 1 saturated carbocycles. The fourth-order valence-electron chi connectivity index (χ4n) is 2.88. The second kappa shape index (κ2) is 6.03. The molecule has 1 heterocycles. The van der Waals surface area contributed by atoms with E-state index in [-0.39, 0.29) is 5.91 Å². The molecule has 20 heavy (non-hydrogen) atoms. The van der Waals surface area contributed by atoms with E-state index in [1.165, 1.54) is 0 Å². The molecule has 1 aromatic rings. The van der Waals surface area contributed by atoms with E-state index in [1.807, 2.05) is 13.8 Å². The fraction of sp³-hybridized carbons (Fsp3) is 0.533. The Labute approximate surface area is 118 Å². The summed E-state index contributed by atoms with van der Waals surface area (Å²) in [5, 5.41) is 12.1. The first-order valence-corrected chi connectivity index (χ1v) is 6.97. The Hall–Kier alpha value is -1.91. The second-order valence-corrected chi connectivity index (χ2v) is 5.48. The first-order valence-electron chi connectivity index (χ1n) is 6.97. The van der Waals surface area contributed by atoms with Gasteiger partial charge in [-0.05, 0) is 37.3 Å². The molecule has 108 valence electrons. The lowest BCUT2D eigenvalue weighted by atomic mass is 9.95. The molecule has 2 rings (SSSR count). The quantitative estimate of drug-likeness (QED) is 0.885. The van der Waals surface area contributed by atoms with E-state index in [2.05, 4.69) is 10.3 Å². The minimum Gasteiger partial charge on any atom is -0.481 e. The van der Waals surface area contributed by atoms with E-state index in [0.717, 1.165) is 12.0 Å². The maximum Gasteiger partial charge on any atom is 0.307 e. The number of hydrogen-bond donors (Lipinski definition) is 2. The molecule has 5 heteroatoms. The minimum atomic E-state index is -0.868. The molecule has 0 bridgehead atoms. The number of aryl methyl sites for hydroxylation is 1. The van der Waals surface area contributed by atoms with Gasteiger partial charge in [0.2, 0.25) is 5.91 Å². The van der Waals surface area contributed by atoms with Crippen molar-refractivity contribution < 1.29 is 14.7 Å². The Kier molecular flexibility index (Phi) is 4.37. The van der Waals surface area contributed by atoms with Crippen molar-refractivity contribution in [3.8, 4) is 0 Å². The van der Waals surface area contributed by atoms with Crippen LogP contribution in [0.1, 0.15) is 31.7 Å². The van der Waals surface area contributed by atoms with Crippen molar-refractivity contribution in [2.24, 2.45) is 17.8 Å². The molecule has 3 unspecified atom stereocenters. The van der Waals surface area contributed by atoms with Crippen molar-refractivity contribution in [3.05, 3.63) is 24.0 Å². The Balaban J connectivity index is 2.11. The molecule has 0 aromatic carbocycles. The van der Waals surface area contributed by atoms with Crippen molar-refractivity contribution in [1.82, 2.24) is 4.98 Å². The third kappa shape index (κ3) is 2.98. The van der Waals surface area contributed by atoms with Gasteiger partial charge in [-0.3, -0.25) is 14.6 Å². The molecule has 3 atom stereocenters. The number of carboxylic acid groups (broad SMARTS) is 1. The standard InChI is InChI=1S/C15H20N2O3/c1-3-10-6-11(12(7-10)15(19)20)14(18)17-13-4-5-16-8-9(13)2/h4-5,8,10-12H,3,6-7H2,1-2H3,(H,19,20)(H,16,17,18). The molecular weight excluding hydrogens is 256 g/mol. The summed E-state index contributed by atoms with van der Waals surface area (Å²) in [6.45, 7) is 3.90. The predicted octanol–water partition coefficient (Wildman–Crippen LogP) is 2.47. The van der Waals surface area contributed by atoms with Crippen molar-refractivity contribution in [1.29, 1.82) is 0 Å². The van der Waals surface area contributed by atoms with Gasteiger partial charge in [0.15, 0.2) is 0 Å². The Morgan fingerprint density at radius 3 is 2.70 bits per heavy atom. The average molecular weight is 276 g/mol. The molecule has 1 amide bonds. The number of hydrogen-bond acceptors (Lipinski definition) is 3. The second-order valence-electron chi connectivity index (χ2n) is 5.48. The van der Waals surface area contributed by atoms with Crippen LogP contribution < -0.4 is 5.32 Å². The molecule has 0 spiro atoms. The summed E-state index contributed by atoms with van der Waals surface area (Å²) in [6.07, 6.45) is 5.46. The summed E-state index contributed by atoms with van der Waals surface area (Å²) < 4.78 is 0. The number of rotatable bonds is 4. The molecular formula is C15H20N2O3. The number of pyridine rings is 1. The third-order valence-electron chi connectivity index (χ3n) is 4.17. The molecule has 1 aromatic heterocycles. The van der Waals surface area contributed by atoms with Gasteiger partial charge in [-0.15, -0.1) is 0 Å². The summed E-state index contributed by atoms with van der Waals surface area (Å²) in [7, 11) is 0. The molecule has 0 saturated heterocycles. The number of amides is 1. The van der Waals surface area contributed by atoms with Crippen LogP contribution in [-0.4, -0.2) is 22.0 Å². The van der Waals surface area contributed by atoms with Crippen molar-refractivity contribution >= 4 is 17.6 Å². The van der Waals surface area contributed by atoms with Gasteiger partial charge in [0.1, 0.15) is 0 Å². The van der Waals surface area contributed by atoms with Gasteiger partial charge >= 0.3 is 5.97 Å². The van der Waals surface area contributed by atoms with Gasteiger partial charge in [0, 0.05) is 18.1 Å². The van der Waals surface area contributed by atoms with E-state index in [0.29, 0.717) is 24.4 Å². The molecule has 1 fully saturated rings. The lowest BCUT2D eigenvalue weighted by Gasteiger charge is -2.16. The molecule has 1 aliphatic carbocycles. The van der Waals surface area contributed by atoms with Gasteiger partial charge in [0.25, 0.3) is 0 Å². The van der Waals surface area contributed by atoms with Gasteiger partial charge in [-0.25, -0.2) is 0 Å². The summed E-state index contributed by atoms with van der Waals surface area (Å²) in [4.78, 5) is 27.6. The number of carbonyl (C=O) groups is 2. The van der Waals surface area contributed by atoms with Crippen LogP contribution in [0.15, 0.2) is 18.5 Å². The maximum atomic E-state index is 12.3. The van der Waals surface area contributed by atoms with Crippen LogP contribution in [0.4, 0.5) is 5.69 Å². The van der Waals surface area contributed by atoms with Crippen LogP contribution in [0.3, 0.4) is 0 Å². The topological polar surface area (TPSA) is 79.3 Å². The number of aromatic nitrogens is 1. The number of aliphatic carboxylic acids is 1. The normalized spacial score (nSPS) is 25.4. The zero-order valence-electron chi connectivity index (χ0n) is 11.8. The highest BCUT2D eigenvalue weighted by molar-refractivity contribution is 5.95. The number of nitrogens with zero attached hydrogens (tertiary/aromatic N) is 1. The number of nitrogens with one attached hydrogen (secondary N) is 1. The Bertz CT molecular complexity index is 516. The van der Waals surface area contributed by atoms with Crippen LogP contribution in [-0.2, 0) is 9.59 Å². The largest absolute Gasteiger partial charge is 0.481 e. The highest BCUT2D eigenvalue weighted by atomic mass is 16.4. The minimum absolute atomic E-state index is 0.192. The van der Waals surface area contributed by atoms with E-state index in [9.17, 15) is 14.7 Å². The smallest absolute Gasteiger partial charge is 0.307 e. The molecule has 2 N–H and O–H groups in total. The van der Waals surface area contributed by atoms with E-state index in [1.54, 1.807) is 18.5 Å². The van der Waals surface area contributed by atoms with Gasteiger partial charge < -0.3 is 10.4 Å². The third-order valence-corrected chi connectivity index (χ3v) is 4.17. The summed E-state index contributed by atoms with van der Waals surface area (Å²) in [5.74, 6) is -1.74. The molecule has 5 nitrogen and oxygen atoms in total. The number of anilines is 1. The first kappa shape index (κ1) is 14.5. The molecule has 0 aliphatic heterocycles. The predicted molar refractivity (Wildman–Crippen MR) is 75.2 cm³/mol. The number of carboxylic acids is 1. The lowest BCUT2D eigenvalue weighted by Crippen LogP contribution is -2.30. The van der Waals surface area contributed by atoms with Gasteiger partial charge in [0.05, 0.1) is 11.8 Å². The van der Waals surface area contributed by atoms with Crippen LogP contribution in [0, 0.1) is 24.7 Å². The van der Waals surface area contributed by atoms with Crippen LogP contribution >= 0.6 is 0 Å². The van der Waals surface area contributed by atoms with E-state index in [4.69, 9.17) is 0 Å². The fourth-order valence-corrected chi connectivity index (χ4v) is 2.88. The van der Waals surface area contributed by atoms with Gasteiger partial charge in [-0.2, -0.15) is 0 Å². The van der Waals surface area contributed by atoms with Gasteiger partial charge in [-0.1, -0.05) is 13.3 Å². The Morgan fingerprint density at radius 2 is 2.10 bits per heavy atom. The van der Waals surface area contributed by atoms with Crippen LogP contribution in [0.2, 0.25) is 0 Å². The molecule has 0 radical (unpaired) electrons. The zero-order chi connectivity index (χ0) is 14.7. The summed E-state index contributed by atoms with van der Waals surface area (Å²) in [5.41, 5.74) is 1.58. The van der Waals surface area contributed by atoms with Crippen molar-refractivity contribution in [3.63, 3.8) is 0 Å². The lowest BCUT2D eigenvalue weighted by molar-refractivity contribution is -0.145. The van der Waals surface area contributed by atoms with E-state index < -0.39 is 17.8 Å². The first-order chi connectivity index (χ1) is 9.52. The summed E-state index contributed by atoms with van der Waals surface area (Å²) in [6, 6.07) is 1.73. The molecule has 1 aliphatic rings. The van der Waals surface area contributed by atoms with E-state index >= 15 is 0 Å². The SMILES string of the molecule is CCC1CC(C(=O)O)C(C(=O)Nc2ccncc2C)C1. The van der Waals surface area contributed by atoms with Crippen molar-refractivity contribution in [2.45, 2.75) is 33.1 Å². The number of carbonyl (C=O) groups excluding carboxylic acids is 1. The average Bonchev–Trinajstić information content (AvgIpc) is 2.86. The maximum absolute atomic E-state index is 12.3. The van der Waals surface area contributed by atoms with Crippen LogP contribution in [0.25, 0.3) is 0 Å². The highest BCUT2D eigenvalue weighted by Crippen LogP contribution is 2.39. The monoisotopic (exact) mass is 276 g/mol. The highest BCUT2D eigenvalue weighted by Gasteiger charge is 2.42. The van der Waals surface area contributed by atoms with Crippen molar-refractivity contribution in [2.75, 3.05) is 5.32 Å². The summed E-state index contributed by atoms with van der Waals surface area (Å²) >= 11 is 0. The van der Waals surface area contributed by atoms with Crippen LogP contribution in [0.5, 0.6) is 0 Å².